The number of nitrogens with one attached hydrogen (secondary N) is 1. The van der Waals surface area contributed by atoms with Gasteiger partial charge in [0.05, 0.1) is 0 Å². The summed E-state index contributed by atoms with van der Waals surface area (Å²) >= 11 is 0. The van der Waals surface area contributed by atoms with Crippen molar-refractivity contribution in [3.63, 3.8) is 0 Å². The maximum Gasteiger partial charge on any atom is 0.407 e. The molecule has 1 heterocycles. The highest BCUT2D eigenvalue weighted by Gasteiger charge is 2.15. The van der Waals surface area contributed by atoms with Gasteiger partial charge in [0.1, 0.15) is 5.60 Å². The maximum absolute atomic E-state index is 13.0. The van der Waals surface area contributed by atoms with Crippen molar-refractivity contribution in [3.8, 4) is 0 Å². The molecular formula is C15H21FN2O2. The first-order valence-electron chi connectivity index (χ1n) is 6.53. The second kappa shape index (κ2) is 7.03. The Morgan fingerprint density at radius 3 is 2.85 bits per heavy atom. The second-order valence-electron chi connectivity index (χ2n) is 5.48. The van der Waals surface area contributed by atoms with Crippen LogP contribution in [0.3, 0.4) is 0 Å². The molecule has 0 fully saturated rings. The van der Waals surface area contributed by atoms with Crippen LogP contribution in [0.5, 0.6) is 0 Å². The van der Waals surface area contributed by atoms with Gasteiger partial charge in [-0.15, -0.1) is 0 Å². The van der Waals surface area contributed by atoms with E-state index in [4.69, 9.17) is 4.74 Å². The lowest BCUT2D eigenvalue weighted by atomic mass is 10.1. The van der Waals surface area contributed by atoms with E-state index < -0.39 is 17.6 Å². The molecule has 0 unspecified atom stereocenters. The van der Waals surface area contributed by atoms with Crippen molar-refractivity contribution in [2.45, 2.75) is 39.7 Å². The molecular weight excluding hydrogens is 259 g/mol. The molecule has 0 saturated heterocycles. The first-order chi connectivity index (χ1) is 9.28. The van der Waals surface area contributed by atoms with Crippen LogP contribution < -0.4 is 5.32 Å². The minimum absolute atomic E-state index is 0.433. The molecule has 0 aliphatic carbocycles. The molecule has 0 aromatic carbocycles. The summed E-state index contributed by atoms with van der Waals surface area (Å²) in [5.41, 5.74) is 1.20. The number of hydrogen-bond acceptors (Lipinski definition) is 3. The lowest BCUT2D eigenvalue weighted by Gasteiger charge is -2.19. The number of halogens is 1. The topological polar surface area (TPSA) is 51.2 Å². The van der Waals surface area contributed by atoms with Gasteiger partial charge in [-0.05, 0) is 45.2 Å². The number of rotatable bonds is 4. The van der Waals surface area contributed by atoms with E-state index in [1.165, 1.54) is 12.3 Å². The van der Waals surface area contributed by atoms with E-state index in [0.29, 0.717) is 13.0 Å². The van der Waals surface area contributed by atoms with Crippen molar-refractivity contribution in [3.05, 3.63) is 35.4 Å². The molecule has 0 atom stereocenters. The van der Waals surface area contributed by atoms with Crippen LogP contribution in [0, 0.1) is 12.9 Å². The highest BCUT2D eigenvalue weighted by Crippen LogP contribution is 2.10. The van der Waals surface area contributed by atoms with Crippen LogP contribution in [0.2, 0.25) is 0 Å². The molecule has 1 rings (SSSR count). The molecule has 0 bridgehead atoms. The van der Waals surface area contributed by atoms with Crippen molar-refractivity contribution in [1.82, 2.24) is 10.3 Å². The standard InChI is InChI=1S/C15H21FN2O2/c1-11-10-18-13(16)9-12(11)7-5-6-8-17-14(19)20-15(2,3)4/h5,7,9-10H,6,8H2,1-4H3,(H,17,19). The van der Waals surface area contributed by atoms with Crippen LogP contribution in [0.4, 0.5) is 9.18 Å². The third-order valence-electron chi connectivity index (χ3n) is 2.39. The van der Waals surface area contributed by atoms with Gasteiger partial charge in [-0.3, -0.25) is 0 Å². The molecule has 0 radical (unpaired) electrons. The zero-order chi connectivity index (χ0) is 15.2. The van der Waals surface area contributed by atoms with E-state index in [0.717, 1.165) is 11.1 Å². The Hall–Kier alpha value is -1.91. The number of carbonyl (C=O) groups excluding carboxylic acids is 1. The van der Waals surface area contributed by atoms with Gasteiger partial charge in [0.2, 0.25) is 5.95 Å². The van der Waals surface area contributed by atoms with Crippen molar-refractivity contribution in [1.29, 1.82) is 0 Å². The van der Waals surface area contributed by atoms with E-state index in [9.17, 15) is 9.18 Å². The van der Waals surface area contributed by atoms with Crippen LogP contribution in [-0.2, 0) is 4.74 Å². The highest BCUT2D eigenvalue weighted by molar-refractivity contribution is 5.67. The van der Waals surface area contributed by atoms with Crippen LogP contribution >= 0.6 is 0 Å². The van der Waals surface area contributed by atoms with Crippen LogP contribution in [-0.4, -0.2) is 23.2 Å². The molecule has 0 aliphatic rings. The third kappa shape index (κ3) is 6.31. The fourth-order valence-electron chi connectivity index (χ4n) is 1.47. The smallest absolute Gasteiger partial charge is 0.407 e. The summed E-state index contributed by atoms with van der Waals surface area (Å²) in [4.78, 5) is 14.9. The average molecular weight is 280 g/mol. The zero-order valence-electron chi connectivity index (χ0n) is 12.4. The lowest BCUT2D eigenvalue weighted by molar-refractivity contribution is 0.0529. The van der Waals surface area contributed by atoms with Crippen LogP contribution in [0.1, 0.15) is 38.3 Å². The Morgan fingerprint density at radius 1 is 1.50 bits per heavy atom. The number of hydrogen-bond donors (Lipinski definition) is 1. The Bertz CT molecular complexity index is 493. The fourth-order valence-corrected chi connectivity index (χ4v) is 1.47. The molecule has 20 heavy (non-hydrogen) atoms. The van der Waals surface area contributed by atoms with E-state index in [1.807, 2.05) is 39.8 Å². The summed E-state index contributed by atoms with van der Waals surface area (Å²) in [6.45, 7) is 7.77. The van der Waals surface area contributed by atoms with Gasteiger partial charge in [0.25, 0.3) is 0 Å². The molecule has 1 N–H and O–H groups in total. The molecule has 0 aliphatic heterocycles. The van der Waals surface area contributed by atoms with E-state index in [2.05, 4.69) is 10.3 Å². The van der Waals surface area contributed by atoms with Gasteiger partial charge in [-0.2, -0.15) is 4.39 Å². The summed E-state index contributed by atoms with van der Waals surface area (Å²) < 4.78 is 18.1. The number of aromatic nitrogens is 1. The average Bonchev–Trinajstić information content (AvgIpc) is 2.30. The molecule has 1 amide bonds. The number of alkyl carbamates (subject to hydrolysis) is 1. The number of nitrogens with zero attached hydrogens (tertiary/aromatic N) is 1. The molecule has 110 valence electrons. The first kappa shape index (κ1) is 16.1. The summed E-state index contributed by atoms with van der Waals surface area (Å²) in [5, 5.41) is 2.65. The SMILES string of the molecule is Cc1cnc(F)cc1C=CCCNC(=O)OC(C)(C)C. The summed E-state index contributed by atoms with van der Waals surface area (Å²) in [5.74, 6) is -0.498. The Kier molecular flexibility index (Phi) is 5.67. The maximum atomic E-state index is 13.0. The Morgan fingerprint density at radius 2 is 2.20 bits per heavy atom. The number of aryl methyl sites for hydroxylation is 1. The predicted octanol–water partition coefficient (Wildman–Crippen LogP) is 3.46. The molecule has 1 aromatic rings. The predicted molar refractivity (Wildman–Crippen MR) is 76.8 cm³/mol. The fraction of sp³-hybridized carbons (Fsp3) is 0.467. The Labute approximate surface area is 119 Å². The number of amides is 1. The van der Waals surface area contributed by atoms with Gasteiger partial charge in [0, 0.05) is 18.8 Å². The van der Waals surface area contributed by atoms with Crippen LogP contribution in [0.15, 0.2) is 18.3 Å². The molecule has 1 aromatic heterocycles. The molecule has 0 spiro atoms. The van der Waals surface area contributed by atoms with Crippen LogP contribution in [0.25, 0.3) is 6.08 Å². The quantitative estimate of drug-likeness (QED) is 0.679. The minimum Gasteiger partial charge on any atom is -0.444 e. The monoisotopic (exact) mass is 280 g/mol. The largest absolute Gasteiger partial charge is 0.444 e. The number of carbonyl (C=O) groups is 1. The number of pyridine rings is 1. The van der Waals surface area contributed by atoms with Gasteiger partial charge in [0.15, 0.2) is 0 Å². The minimum atomic E-state index is -0.498. The van der Waals surface area contributed by atoms with Gasteiger partial charge in [-0.1, -0.05) is 12.2 Å². The third-order valence-corrected chi connectivity index (χ3v) is 2.39. The van der Waals surface area contributed by atoms with Crippen molar-refractivity contribution < 1.29 is 13.9 Å². The van der Waals surface area contributed by atoms with Crippen molar-refractivity contribution in [2.75, 3.05) is 6.54 Å². The van der Waals surface area contributed by atoms with E-state index in [-0.39, 0.29) is 0 Å². The van der Waals surface area contributed by atoms with Gasteiger partial charge >= 0.3 is 6.09 Å². The first-order valence-corrected chi connectivity index (χ1v) is 6.53. The summed E-state index contributed by atoms with van der Waals surface area (Å²) in [7, 11) is 0. The van der Waals surface area contributed by atoms with Gasteiger partial charge in [-0.25, -0.2) is 9.78 Å². The molecule has 4 nitrogen and oxygen atoms in total. The lowest BCUT2D eigenvalue weighted by Crippen LogP contribution is -2.32. The van der Waals surface area contributed by atoms with Crippen molar-refractivity contribution in [2.24, 2.45) is 0 Å². The van der Waals surface area contributed by atoms with Crippen molar-refractivity contribution >= 4 is 12.2 Å². The zero-order valence-corrected chi connectivity index (χ0v) is 12.4. The number of ether oxygens (including phenoxy) is 1. The molecule has 0 saturated carbocycles. The van der Waals surface area contributed by atoms with E-state index in [1.54, 1.807) is 0 Å². The summed E-state index contributed by atoms with van der Waals surface area (Å²) in [6.07, 6.45) is 5.39. The molecule has 5 heteroatoms. The second-order valence-corrected chi connectivity index (χ2v) is 5.48. The normalized spacial score (nSPS) is 11.7. The van der Waals surface area contributed by atoms with Gasteiger partial charge < -0.3 is 10.1 Å². The van der Waals surface area contributed by atoms with E-state index >= 15 is 0 Å². The Balaban J connectivity index is 2.36. The summed E-state index contributed by atoms with van der Waals surface area (Å²) in [6, 6.07) is 1.38. The highest BCUT2D eigenvalue weighted by atomic mass is 19.1.